The Bertz CT molecular complexity index is 921. The molecule has 0 bridgehead atoms. The van der Waals surface area contributed by atoms with Crippen molar-refractivity contribution in [1.29, 1.82) is 0 Å². The van der Waals surface area contributed by atoms with Crippen LogP contribution in [0.3, 0.4) is 0 Å². The van der Waals surface area contributed by atoms with Crippen LogP contribution in [-0.2, 0) is 13.0 Å². The number of nitrogens with zero attached hydrogens (tertiary/aromatic N) is 5. The first-order chi connectivity index (χ1) is 14.0. The fourth-order valence-electron chi connectivity index (χ4n) is 3.85. The number of benzene rings is 1. The van der Waals surface area contributed by atoms with Crippen LogP contribution >= 0.6 is 0 Å². The van der Waals surface area contributed by atoms with E-state index in [1.807, 2.05) is 12.3 Å². The molecule has 0 N–H and O–H groups in total. The summed E-state index contributed by atoms with van der Waals surface area (Å²) in [6.07, 6.45) is 4.22. The molecule has 8 heteroatoms. The zero-order chi connectivity index (χ0) is 20.3. The minimum atomic E-state index is -4.20. The lowest BCUT2D eigenvalue weighted by Gasteiger charge is -2.33. The summed E-state index contributed by atoms with van der Waals surface area (Å²) in [6, 6.07) is 8.28. The fraction of sp³-hybridized carbons (Fsp3) is 0.381. The van der Waals surface area contributed by atoms with Crippen LogP contribution < -0.4 is 4.90 Å². The lowest BCUT2D eigenvalue weighted by molar-refractivity contribution is -0.127. The van der Waals surface area contributed by atoms with Crippen molar-refractivity contribution in [2.24, 2.45) is 5.92 Å². The van der Waals surface area contributed by atoms with Crippen LogP contribution in [0.5, 0.6) is 0 Å². The van der Waals surface area contributed by atoms with Gasteiger partial charge in [0, 0.05) is 50.0 Å². The Morgan fingerprint density at radius 3 is 2.48 bits per heavy atom. The number of imidazole rings is 1. The zero-order valence-electron chi connectivity index (χ0n) is 15.9. The molecule has 29 heavy (non-hydrogen) atoms. The molecule has 0 saturated carbocycles. The van der Waals surface area contributed by atoms with Crippen molar-refractivity contribution in [3.63, 3.8) is 0 Å². The Kier molecular flexibility index (Phi) is 5.51. The topological polar surface area (TPSA) is 46.8 Å². The first-order valence-corrected chi connectivity index (χ1v) is 9.67. The van der Waals surface area contributed by atoms with Crippen molar-refractivity contribution in [2.45, 2.75) is 32.0 Å². The van der Waals surface area contributed by atoms with E-state index in [0.29, 0.717) is 5.92 Å². The molecule has 0 spiro atoms. The second-order valence-electron chi connectivity index (χ2n) is 7.40. The number of anilines is 1. The van der Waals surface area contributed by atoms with Gasteiger partial charge in [-0.25, -0.2) is 15.0 Å². The van der Waals surface area contributed by atoms with Crippen molar-refractivity contribution in [2.75, 3.05) is 18.0 Å². The third-order valence-electron chi connectivity index (χ3n) is 5.14. The third kappa shape index (κ3) is 4.93. The summed E-state index contributed by atoms with van der Waals surface area (Å²) in [7, 11) is 0. The van der Waals surface area contributed by atoms with Crippen LogP contribution in [0.4, 0.5) is 19.1 Å². The largest absolute Gasteiger partial charge is 0.393 e. The Hall–Kier alpha value is -2.90. The van der Waals surface area contributed by atoms with Gasteiger partial charge in [-0.05, 0) is 30.4 Å². The second-order valence-corrected chi connectivity index (χ2v) is 7.40. The predicted octanol–water partition coefficient (Wildman–Crippen LogP) is 4.36. The second kappa shape index (κ2) is 8.23. The Morgan fingerprint density at radius 2 is 1.76 bits per heavy atom. The molecule has 152 valence electrons. The molecule has 1 aromatic carbocycles. The van der Waals surface area contributed by atoms with E-state index in [0.717, 1.165) is 49.8 Å². The molecular weight excluding hydrogens is 379 g/mol. The summed E-state index contributed by atoms with van der Waals surface area (Å²) in [4.78, 5) is 15.3. The fourth-order valence-corrected chi connectivity index (χ4v) is 3.85. The highest BCUT2D eigenvalue weighted by Crippen LogP contribution is 2.26. The number of aromatic nitrogens is 4. The number of halogens is 3. The molecule has 3 heterocycles. The van der Waals surface area contributed by atoms with Gasteiger partial charge in [-0.2, -0.15) is 13.2 Å². The van der Waals surface area contributed by atoms with E-state index in [1.54, 1.807) is 30.7 Å². The highest BCUT2D eigenvalue weighted by atomic mass is 19.4. The monoisotopic (exact) mass is 401 g/mol. The van der Waals surface area contributed by atoms with E-state index < -0.39 is 12.6 Å². The average Bonchev–Trinajstić information content (AvgIpc) is 3.16. The summed E-state index contributed by atoms with van der Waals surface area (Å²) in [5.41, 5.74) is 1.07. The highest BCUT2D eigenvalue weighted by molar-refractivity contribution is 5.56. The van der Waals surface area contributed by atoms with E-state index in [4.69, 9.17) is 0 Å². The van der Waals surface area contributed by atoms with E-state index in [9.17, 15) is 13.2 Å². The average molecular weight is 401 g/mol. The van der Waals surface area contributed by atoms with Crippen LogP contribution in [0, 0.1) is 5.92 Å². The first kappa shape index (κ1) is 19.4. The molecule has 1 aliphatic heterocycles. The van der Waals surface area contributed by atoms with Crippen molar-refractivity contribution < 1.29 is 13.2 Å². The Balaban J connectivity index is 1.45. The third-order valence-corrected chi connectivity index (χ3v) is 5.14. The molecule has 4 rings (SSSR count). The molecule has 1 aliphatic rings. The highest BCUT2D eigenvalue weighted by Gasteiger charge is 2.27. The van der Waals surface area contributed by atoms with Gasteiger partial charge in [-0.3, -0.25) is 0 Å². The number of rotatable bonds is 5. The van der Waals surface area contributed by atoms with E-state index in [2.05, 4.69) is 24.4 Å². The zero-order valence-corrected chi connectivity index (χ0v) is 15.9. The predicted molar refractivity (Wildman–Crippen MR) is 104 cm³/mol. The molecule has 0 radical (unpaired) electrons. The molecule has 3 aromatic rings. The maximum Gasteiger partial charge on any atom is 0.393 e. The molecule has 5 nitrogen and oxygen atoms in total. The summed E-state index contributed by atoms with van der Waals surface area (Å²) in [6.45, 7) is 2.60. The van der Waals surface area contributed by atoms with Gasteiger partial charge in [-0.15, -0.1) is 0 Å². The van der Waals surface area contributed by atoms with E-state index in [1.165, 1.54) is 12.1 Å². The van der Waals surface area contributed by atoms with Crippen LogP contribution in [0.15, 0.2) is 55.1 Å². The quantitative estimate of drug-likeness (QED) is 0.637. The molecule has 1 unspecified atom stereocenters. The maximum absolute atomic E-state index is 12.6. The number of hydrogen-bond donors (Lipinski definition) is 0. The van der Waals surface area contributed by atoms with Gasteiger partial charge in [0.2, 0.25) is 5.95 Å². The van der Waals surface area contributed by atoms with Crippen LogP contribution in [-0.4, -0.2) is 38.8 Å². The van der Waals surface area contributed by atoms with Gasteiger partial charge in [0.1, 0.15) is 5.82 Å². The molecule has 1 saturated heterocycles. The van der Waals surface area contributed by atoms with Gasteiger partial charge in [0.15, 0.2) is 0 Å². The summed E-state index contributed by atoms with van der Waals surface area (Å²) in [5, 5.41) is 0. The Labute approximate surface area is 167 Å². The standard InChI is InChI=1S/C21H22F3N5/c22-21(23,24)13-16-4-6-18(7-5-16)19-25-10-12-28(19)14-17-3-1-11-29(15-17)20-26-8-2-9-27-20/h2,4-10,12,17H,1,3,11,13-15H2. The lowest BCUT2D eigenvalue weighted by Crippen LogP contribution is -2.38. The van der Waals surface area contributed by atoms with Gasteiger partial charge >= 0.3 is 6.18 Å². The molecule has 2 aromatic heterocycles. The molecule has 1 fully saturated rings. The van der Waals surface area contributed by atoms with Crippen molar-refractivity contribution in [1.82, 2.24) is 19.5 Å². The number of hydrogen-bond acceptors (Lipinski definition) is 4. The van der Waals surface area contributed by atoms with Crippen LogP contribution in [0.25, 0.3) is 11.4 Å². The molecular formula is C21H22F3N5. The van der Waals surface area contributed by atoms with Crippen LogP contribution in [0.1, 0.15) is 18.4 Å². The minimum absolute atomic E-state index is 0.255. The molecule has 1 atom stereocenters. The van der Waals surface area contributed by atoms with Crippen molar-refractivity contribution in [3.8, 4) is 11.4 Å². The van der Waals surface area contributed by atoms with Gasteiger partial charge in [0.25, 0.3) is 0 Å². The summed E-state index contributed by atoms with van der Waals surface area (Å²) >= 11 is 0. The van der Waals surface area contributed by atoms with Crippen molar-refractivity contribution in [3.05, 3.63) is 60.7 Å². The normalized spacial score (nSPS) is 17.5. The minimum Gasteiger partial charge on any atom is -0.340 e. The van der Waals surface area contributed by atoms with E-state index >= 15 is 0 Å². The lowest BCUT2D eigenvalue weighted by atomic mass is 9.98. The smallest absolute Gasteiger partial charge is 0.340 e. The van der Waals surface area contributed by atoms with Crippen LogP contribution in [0.2, 0.25) is 0 Å². The Morgan fingerprint density at radius 1 is 1.00 bits per heavy atom. The summed E-state index contributed by atoms with van der Waals surface area (Å²) in [5.74, 6) is 1.95. The molecule has 0 aliphatic carbocycles. The van der Waals surface area contributed by atoms with Gasteiger partial charge in [0.05, 0.1) is 6.42 Å². The first-order valence-electron chi connectivity index (χ1n) is 9.67. The van der Waals surface area contributed by atoms with Crippen molar-refractivity contribution >= 4 is 5.95 Å². The van der Waals surface area contributed by atoms with E-state index in [-0.39, 0.29) is 5.56 Å². The molecule has 0 amide bonds. The maximum atomic E-state index is 12.6. The van der Waals surface area contributed by atoms with Gasteiger partial charge in [-0.1, -0.05) is 24.3 Å². The summed E-state index contributed by atoms with van der Waals surface area (Å²) < 4.78 is 39.8. The SMILES string of the molecule is FC(F)(F)Cc1ccc(-c2nccn2CC2CCCN(c3ncccn3)C2)cc1. The number of alkyl halides is 3. The van der Waals surface area contributed by atoms with Gasteiger partial charge < -0.3 is 9.47 Å². The number of piperidine rings is 1.